The van der Waals surface area contributed by atoms with Gasteiger partial charge in [-0.25, -0.2) is 4.79 Å². The van der Waals surface area contributed by atoms with Crippen LogP contribution in [-0.4, -0.2) is 16.3 Å². The zero-order chi connectivity index (χ0) is 23.1. The van der Waals surface area contributed by atoms with Crippen LogP contribution in [0.4, 0.5) is 0 Å². The van der Waals surface area contributed by atoms with E-state index in [0.717, 1.165) is 23.0 Å². The Bertz CT molecular complexity index is 1450. The maximum atomic E-state index is 13.1. The lowest BCUT2D eigenvalue weighted by molar-refractivity contribution is 0.0734. The van der Waals surface area contributed by atoms with Crippen molar-refractivity contribution < 1.29 is 19.1 Å². The Morgan fingerprint density at radius 1 is 1.12 bits per heavy atom. The minimum atomic E-state index is -0.515. The third kappa shape index (κ3) is 3.81. The number of ether oxygens (including phenoxy) is 2. The number of rotatable bonds is 4. The summed E-state index contributed by atoms with van der Waals surface area (Å²) in [4.78, 5) is 25.6. The van der Waals surface area contributed by atoms with Crippen molar-refractivity contribution in [2.24, 2.45) is 0 Å². The molecule has 0 fully saturated rings. The van der Waals surface area contributed by atoms with E-state index in [1.165, 1.54) is 0 Å². The summed E-state index contributed by atoms with van der Waals surface area (Å²) in [6.07, 6.45) is 3.79. The molecule has 5 rings (SSSR count). The quantitative estimate of drug-likeness (QED) is 0.200. The van der Waals surface area contributed by atoms with Crippen molar-refractivity contribution in [1.82, 2.24) is 4.57 Å². The van der Waals surface area contributed by atoms with Gasteiger partial charge in [-0.1, -0.05) is 29.8 Å². The number of Topliss-reactive ketones (excluding diaryl/α,β-unsaturated/α-hetero) is 1. The van der Waals surface area contributed by atoms with Crippen LogP contribution in [0.1, 0.15) is 38.8 Å². The van der Waals surface area contributed by atoms with Gasteiger partial charge in [0.05, 0.1) is 11.1 Å². The fourth-order valence-electron chi connectivity index (χ4n) is 4.08. The van der Waals surface area contributed by atoms with Crippen molar-refractivity contribution in [2.75, 3.05) is 0 Å². The molecule has 3 aromatic carbocycles. The number of benzene rings is 3. The van der Waals surface area contributed by atoms with Crippen molar-refractivity contribution >= 4 is 40.3 Å². The molecule has 5 nitrogen and oxygen atoms in total. The summed E-state index contributed by atoms with van der Waals surface area (Å²) in [6.45, 7) is 4.69. The number of fused-ring (bicyclic) bond motifs is 2. The minimum Gasteiger partial charge on any atom is -0.452 e. The largest absolute Gasteiger partial charge is 0.452 e. The predicted octanol–water partition coefficient (Wildman–Crippen LogP) is 6.46. The van der Waals surface area contributed by atoms with E-state index in [1.807, 2.05) is 24.4 Å². The highest BCUT2D eigenvalue weighted by Crippen LogP contribution is 2.38. The number of carbonyl (C=O) groups is 2. The molecule has 0 aliphatic carbocycles. The van der Waals surface area contributed by atoms with Gasteiger partial charge in [-0.15, -0.1) is 0 Å². The van der Waals surface area contributed by atoms with Crippen LogP contribution >= 0.6 is 11.6 Å². The fourth-order valence-corrected chi connectivity index (χ4v) is 4.21. The molecule has 0 radical (unpaired) electrons. The first-order valence-corrected chi connectivity index (χ1v) is 11.0. The number of esters is 1. The molecule has 0 N–H and O–H groups in total. The Balaban J connectivity index is 1.46. The lowest BCUT2D eigenvalue weighted by Crippen LogP contribution is -2.08. The number of hydrogen-bond donors (Lipinski definition) is 0. The molecule has 1 aromatic heterocycles. The standard InChI is InChI=1S/C27H20ClNO4/c1-3-29-15-18(21-6-4-5-7-22(21)29)13-24-26(30)25-16(2)12-20(14-23(25)33-24)32-27(31)17-8-10-19(28)11-9-17/h4-15H,3H2,1-2H3/b24-13-. The van der Waals surface area contributed by atoms with Gasteiger partial charge in [-0.3, -0.25) is 4.79 Å². The zero-order valence-electron chi connectivity index (χ0n) is 18.1. The van der Waals surface area contributed by atoms with E-state index in [4.69, 9.17) is 21.1 Å². The highest BCUT2D eigenvalue weighted by atomic mass is 35.5. The molecule has 0 unspecified atom stereocenters. The van der Waals surface area contributed by atoms with Gasteiger partial charge in [0.15, 0.2) is 5.76 Å². The third-order valence-corrected chi connectivity index (χ3v) is 5.93. The number of halogens is 1. The lowest BCUT2D eigenvalue weighted by Gasteiger charge is -2.08. The Hall–Kier alpha value is -3.83. The Labute approximate surface area is 195 Å². The smallest absolute Gasteiger partial charge is 0.343 e. The van der Waals surface area contributed by atoms with Crippen LogP contribution in [0.25, 0.3) is 17.0 Å². The average Bonchev–Trinajstić information content (AvgIpc) is 3.32. The van der Waals surface area contributed by atoms with Crippen molar-refractivity contribution in [1.29, 1.82) is 0 Å². The van der Waals surface area contributed by atoms with Crippen LogP contribution in [0, 0.1) is 6.92 Å². The molecule has 1 aliphatic rings. The summed E-state index contributed by atoms with van der Waals surface area (Å²) < 4.78 is 13.6. The number of aromatic nitrogens is 1. The third-order valence-electron chi connectivity index (χ3n) is 5.68. The molecular weight excluding hydrogens is 438 g/mol. The van der Waals surface area contributed by atoms with Gasteiger partial charge in [-0.05, 0) is 61.9 Å². The van der Waals surface area contributed by atoms with E-state index in [2.05, 4.69) is 17.6 Å². The first-order chi connectivity index (χ1) is 15.9. The van der Waals surface area contributed by atoms with Gasteiger partial charge in [0.25, 0.3) is 0 Å². The molecular formula is C27H20ClNO4. The van der Waals surface area contributed by atoms with E-state index < -0.39 is 5.97 Å². The van der Waals surface area contributed by atoms with E-state index in [0.29, 0.717) is 33.2 Å². The molecule has 33 heavy (non-hydrogen) atoms. The number of ketones is 1. The second-order valence-corrected chi connectivity index (χ2v) is 8.27. The van der Waals surface area contributed by atoms with Crippen molar-refractivity contribution in [3.05, 3.63) is 99.9 Å². The van der Waals surface area contributed by atoms with Gasteiger partial charge in [0.1, 0.15) is 11.5 Å². The van der Waals surface area contributed by atoms with E-state index in [-0.39, 0.29) is 11.5 Å². The Kier molecular flexibility index (Phi) is 5.27. The molecule has 0 saturated heterocycles. The highest BCUT2D eigenvalue weighted by Gasteiger charge is 2.30. The maximum Gasteiger partial charge on any atom is 0.343 e. The minimum absolute atomic E-state index is 0.189. The van der Waals surface area contributed by atoms with Crippen LogP contribution in [0.2, 0.25) is 5.02 Å². The van der Waals surface area contributed by atoms with Crippen molar-refractivity contribution in [2.45, 2.75) is 20.4 Å². The van der Waals surface area contributed by atoms with Crippen molar-refractivity contribution in [3.63, 3.8) is 0 Å². The summed E-state index contributed by atoms with van der Waals surface area (Å²) in [5.74, 6) is 0.227. The number of carbonyl (C=O) groups excluding carboxylic acids is 2. The topological polar surface area (TPSA) is 57.5 Å². The van der Waals surface area contributed by atoms with E-state index in [1.54, 1.807) is 49.4 Å². The van der Waals surface area contributed by atoms with E-state index >= 15 is 0 Å². The molecule has 0 spiro atoms. The van der Waals surface area contributed by atoms with Gasteiger partial charge < -0.3 is 14.0 Å². The predicted molar refractivity (Wildman–Crippen MR) is 128 cm³/mol. The van der Waals surface area contributed by atoms with Gasteiger partial charge in [0.2, 0.25) is 5.78 Å². The summed E-state index contributed by atoms with van der Waals surface area (Å²) >= 11 is 5.88. The zero-order valence-corrected chi connectivity index (χ0v) is 18.8. The molecule has 164 valence electrons. The van der Waals surface area contributed by atoms with Crippen LogP contribution in [0.5, 0.6) is 11.5 Å². The average molecular weight is 458 g/mol. The number of para-hydroxylation sites is 1. The molecule has 4 aromatic rings. The molecule has 0 atom stereocenters. The molecule has 0 bridgehead atoms. The number of allylic oxidation sites excluding steroid dienone is 1. The van der Waals surface area contributed by atoms with Crippen LogP contribution in [0.15, 0.2) is 72.6 Å². The molecule has 0 saturated carbocycles. The second kappa shape index (κ2) is 8.26. The molecule has 1 aliphatic heterocycles. The van der Waals surface area contributed by atoms with E-state index in [9.17, 15) is 9.59 Å². The van der Waals surface area contributed by atoms with Crippen LogP contribution < -0.4 is 9.47 Å². The number of aryl methyl sites for hydroxylation is 2. The van der Waals surface area contributed by atoms with Gasteiger partial charge in [-0.2, -0.15) is 0 Å². The molecule has 6 heteroatoms. The highest BCUT2D eigenvalue weighted by molar-refractivity contribution is 6.30. The summed E-state index contributed by atoms with van der Waals surface area (Å²) in [5.41, 5.74) is 3.54. The van der Waals surface area contributed by atoms with Gasteiger partial charge >= 0.3 is 5.97 Å². The SMILES string of the molecule is CCn1cc(/C=C2\Oc3cc(OC(=O)c4ccc(Cl)cc4)cc(C)c3C2=O)c2ccccc21. The normalized spacial score (nSPS) is 13.9. The fraction of sp³-hybridized carbons (Fsp3) is 0.111. The van der Waals surface area contributed by atoms with Crippen LogP contribution in [0.3, 0.4) is 0 Å². The molecule has 2 heterocycles. The molecule has 0 amide bonds. The summed E-state index contributed by atoms with van der Waals surface area (Å²) in [5, 5.41) is 1.58. The van der Waals surface area contributed by atoms with Crippen LogP contribution in [-0.2, 0) is 6.54 Å². The summed E-state index contributed by atoms with van der Waals surface area (Å²) in [6, 6.07) is 17.7. The lowest BCUT2D eigenvalue weighted by atomic mass is 10.0. The first kappa shape index (κ1) is 21.0. The maximum absolute atomic E-state index is 13.1. The first-order valence-electron chi connectivity index (χ1n) is 10.6. The number of hydrogen-bond acceptors (Lipinski definition) is 4. The Morgan fingerprint density at radius 3 is 2.64 bits per heavy atom. The van der Waals surface area contributed by atoms with Crippen molar-refractivity contribution in [3.8, 4) is 11.5 Å². The Morgan fingerprint density at radius 2 is 1.88 bits per heavy atom. The second-order valence-electron chi connectivity index (χ2n) is 7.84. The number of nitrogens with zero attached hydrogens (tertiary/aromatic N) is 1. The van der Waals surface area contributed by atoms with Gasteiger partial charge in [0, 0.05) is 40.3 Å². The summed E-state index contributed by atoms with van der Waals surface area (Å²) in [7, 11) is 0. The monoisotopic (exact) mass is 457 g/mol.